The highest BCUT2D eigenvalue weighted by atomic mass is 16.7. The predicted octanol–water partition coefficient (Wildman–Crippen LogP) is 3.82. The molecule has 1 fully saturated rings. The first-order chi connectivity index (χ1) is 19.0. The molecular weight excluding hydrogens is 500 g/mol. The molecule has 0 saturated heterocycles. The Hall–Kier alpha value is -4.21. The number of nitrogens with one attached hydrogen (secondary N) is 1. The van der Waals surface area contributed by atoms with Gasteiger partial charge in [0.25, 0.3) is 5.91 Å². The van der Waals surface area contributed by atoms with Crippen molar-refractivity contribution in [3.63, 3.8) is 0 Å². The molecule has 2 amide bonds. The van der Waals surface area contributed by atoms with Crippen LogP contribution in [-0.2, 0) is 16.6 Å². The summed E-state index contributed by atoms with van der Waals surface area (Å²) >= 11 is 0. The molecule has 3 aliphatic rings. The average molecular weight is 533 g/mol. The number of aromatic nitrogens is 2. The molecule has 0 radical (unpaired) electrons. The molecule has 3 aromatic rings. The summed E-state index contributed by atoms with van der Waals surface area (Å²) in [6, 6.07) is 11.5. The smallest absolute Gasteiger partial charge is 0.272 e. The van der Waals surface area contributed by atoms with E-state index in [1.165, 1.54) is 11.3 Å². The number of rotatable bonds is 6. The number of carbonyl (C=O) groups is 2. The van der Waals surface area contributed by atoms with E-state index in [-0.39, 0.29) is 25.3 Å². The van der Waals surface area contributed by atoms with E-state index in [0.717, 1.165) is 25.7 Å². The van der Waals surface area contributed by atoms with Crippen molar-refractivity contribution in [1.29, 1.82) is 0 Å². The summed E-state index contributed by atoms with van der Waals surface area (Å²) in [7, 11) is 1.80. The highest BCUT2D eigenvalue weighted by molar-refractivity contribution is 6.04. The van der Waals surface area contributed by atoms with Gasteiger partial charge in [0.1, 0.15) is 12.6 Å². The number of benzene rings is 2. The third-order valence-electron chi connectivity index (χ3n) is 7.46. The number of para-hydroxylation sites is 2. The third-order valence-corrected chi connectivity index (χ3v) is 7.46. The second kappa shape index (κ2) is 10.5. The Balaban J connectivity index is 1.42. The summed E-state index contributed by atoms with van der Waals surface area (Å²) in [6.45, 7) is 1.95. The Morgan fingerprint density at radius 3 is 2.51 bits per heavy atom. The fraction of sp³-hybridized carbons (Fsp3) is 0.414. The molecule has 0 bridgehead atoms. The Kier molecular flexibility index (Phi) is 6.76. The lowest BCUT2D eigenvalue weighted by atomic mass is 9.94. The molecule has 1 N–H and O–H groups in total. The standard InChI is InChI=1S/C29H32N4O6/c1-18-21(15-32(2)31-18)27(28(34)30-19-8-4-3-5-9-19)33(20-12-13-23-25(14-20)38-17-37-23)29(35)26-16-36-22-10-6-7-11-24(22)39-26/h6-7,10-15,19,26-27H,3-5,8-9,16-17H2,1-2H3,(H,30,34)/t26-,27+/m1/s1. The van der Waals surface area contributed by atoms with E-state index < -0.39 is 18.1 Å². The van der Waals surface area contributed by atoms with E-state index in [0.29, 0.717) is 39.9 Å². The van der Waals surface area contributed by atoms with Crippen LogP contribution in [-0.4, -0.2) is 47.1 Å². The largest absolute Gasteiger partial charge is 0.485 e. The fourth-order valence-electron chi connectivity index (χ4n) is 5.55. The van der Waals surface area contributed by atoms with E-state index in [1.807, 2.05) is 19.1 Å². The maximum absolute atomic E-state index is 14.4. The van der Waals surface area contributed by atoms with Gasteiger partial charge >= 0.3 is 0 Å². The molecule has 2 aliphatic heterocycles. The van der Waals surface area contributed by atoms with Crippen LogP contribution in [0.2, 0.25) is 0 Å². The van der Waals surface area contributed by atoms with Crippen molar-refractivity contribution in [2.24, 2.45) is 7.05 Å². The van der Waals surface area contributed by atoms with Gasteiger partial charge in [-0.2, -0.15) is 5.10 Å². The van der Waals surface area contributed by atoms with Crippen molar-refractivity contribution >= 4 is 17.5 Å². The van der Waals surface area contributed by atoms with Gasteiger partial charge in [0.15, 0.2) is 23.0 Å². The number of aryl methyl sites for hydroxylation is 2. The van der Waals surface area contributed by atoms with Gasteiger partial charge in [-0.05, 0) is 44.0 Å². The Morgan fingerprint density at radius 1 is 1.00 bits per heavy atom. The van der Waals surface area contributed by atoms with Crippen LogP contribution in [0.25, 0.3) is 0 Å². The minimum Gasteiger partial charge on any atom is -0.485 e. The number of anilines is 1. The second-order valence-corrected chi connectivity index (χ2v) is 10.2. The minimum absolute atomic E-state index is 0.0138. The van der Waals surface area contributed by atoms with Gasteiger partial charge in [-0.1, -0.05) is 31.4 Å². The zero-order chi connectivity index (χ0) is 26.9. The summed E-state index contributed by atoms with van der Waals surface area (Å²) in [5, 5.41) is 7.73. The van der Waals surface area contributed by atoms with Crippen LogP contribution >= 0.6 is 0 Å². The zero-order valence-electron chi connectivity index (χ0n) is 22.1. The Labute approximate surface area is 226 Å². The first kappa shape index (κ1) is 25.1. The molecule has 204 valence electrons. The molecule has 10 heteroatoms. The summed E-state index contributed by atoms with van der Waals surface area (Å²) in [5.74, 6) is 1.47. The van der Waals surface area contributed by atoms with Crippen molar-refractivity contribution in [3.8, 4) is 23.0 Å². The predicted molar refractivity (Wildman–Crippen MR) is 142 cm³/mol. The summed E-state index contributed by atoms with van der Waals surface area (Å²) in [4.78, 5) is 30.0. The molecular formula is C29H32N4O6. The van der Waals surface area contributed by atoms with Crippen molar-refractivity contribution in [3.05, 3.63) is 59.9 Å². The highest BCUT2D eigenvalue weighted by Crippen LogP contribution is 2.40. The highest BCUT2D eigenvalue weighted by Gasteiger charge is 2.41. The van der Waals surface area contributed by atoms with Crippen LogP contribution in [0, 0.1) is 6.92 Å². The SMILES string of the molecule is Cc1nn(C)cc1[C@@H](C(=O)NC1CCCCC1)N(C(=O)[C@H]1COc2ccccc2O1)c1ccc2c(c1)OCO2. The summed E-state index contributed by atoms with van der Waals surface area (Å²) in [6.07, 6.45) is 5.96. The van der Waals surface area contributed by atoms with Gasteiger partial charge in [-0.15, -0.1) is 0 Å². The lowest BCUT2D eigenvalue weighted by Gasteiger charge is -2.36. The topological polar surface area (TPSA) is 104 Å². The molecule has 3 heterocycles. The number of amides is 2. The lowest BCUT2D eigenvalue weighted by molar-refractivity contribution is -0.132. The molecule has 10 nitrogen and oxygen atoms in total. The van der Waals surface area contributed by atoms with Gasteiger partial charge in [0.05, 0.1) is 5.69 Å². The number of nitrogens with zero attached hydrogens (tertiary/aromatic N) is 3. The average Bonchev–Trinajstić information content (AvgIpc) is 3.56. The summed E-state index contributed by atoms with van der Waals surface area (Å²) in [5.41, 5.74) is 1.78. The maximum Gasteiger partial charge on any atom is 0.272 e. The quantitative estimate of drug-likeness (QED) is 0.515. The molecule has 2 atom stereocenters. The van der Waals surface area contributed by atoms with Crippen LogP contribution in [0.3, 0.4) is 0 Å². The van der Waals surface area contributed by atoms with Crippen LogP contribution in [0.4, 0.5) is 5.69 Å². The maximum atomic E-state index is 14.4. The molecule has 2 aromatic carbocycles. The molecule has 1 aromatic heterocycles. The van der Waals surface area contributed by atoms with Crippen LogP contribution < -0.4 is 29.2 Å². The molecule has 1 saturated carbocycles. The summed E-state index contributed by atoms with van der Waals surface area (Å²) < 4.78 is 24.8. The molecule has 1 aliphatic carbocycles. The molecule has 0 spiro atoms. The monoisotopic (exact) mass is 532 g/mol. The van der Waals surface area contributed by atoms with Crippen LogP contribution in [0.5, 0.6) is 23.0 Å². The lowest BCUT2D eigenvalue weighted by Crippen LogP contribution is -2.52. The number of carbonyl (C=O) groups excluding carboxylic acids is 2. The van der Waals surface area contributed by atoms with Gasteiger partial charge in [0, 0.05) is 36.6 Å². The van der Waals surface area contributed by atoms with Crippen molar-refractivity contribution in [2.75, 3.05) is 18.3 Å². The second-order valence-electron chi connectivity index (χ2n) is 10.2. The van der Waals surface area contributed by atoms with Crippen molar-refractivity contribution in [1.82, 2.24) is 15.1 Å². The number of hydrogen-bond acceptors (Lipinski definition) is 7. The Bertz CT molecular complexity index is 1380. The van der Waals surface area contributed by atoms with E-state index in [2.05, 4.69) is 10.4 Å². The van der Waals surface area contributed by atoms with Gasteiger partial charge < -0.3 is 24.3 Å². The van der Waals surface area contributed by atoms with Crippen molar-refractivity contribution < 1.29 is 28.5 Å². The normalized spacial score (nSPS) is 18.9. The third kappa shape index (κ3) is 4.98. The zero-order valence-corrected chi connectivity index (χ0v) is 22.1. The number of hydrogen-bond donors (Lipinski definition) is 1. The van der Waals surface area contributed by atoms with E-state index in [4.69, 9.17) is 18.9 Å². The van der Waals surface area contributed by atoms with Crippen molar-refractivity contribution in [2.45, 2.75) is 57.2 Å². The first-order valence-corrected chi connectivity index (χ1v) is 13.4. The van der Waals surface area contributed by atoms with E-state index >= 15 is 0 Å². The number of ether oxygens (including phenoxy) is 4. The van der Waals surface area contributed by atoms with Gasteiger partial charge in [-0.25, -0.2) is 0 Å². The molecule has 6 rings (SSSR count). The van der Waals surface area contributed by atoms with E-state index in [1.54, 1.807) is 48.3 Å². The Morgan fingerprint density at radius 2 is 1.74 bits per heavy atom. The van der Waals surface area contributed by atoms with Crippen LogP contribution in [0.15, 0.2) is 48.7 Å². The fourth-order valence-corrected chi connectivity index (χ4v) is 5.55. The van der Waals surface area contributed by atoms with Gasteiger partial charge in [-0.3, -0.25) is 19.2 Å². The molecule has 39 heavy (non-hydrogen) atoms. The molecule has 0 unspecified atom stereocenters. The minimum atomic E-state index is -0.991. The van der Waals surface area contributed by atoms with E-state index in [9.17, 15) is 9.59 Å². The van der Waals surface area contributed by atoms with Gasteiger partial charge in [0.2, 0.25) is 18.8 Å². The first-order valence-electron chi connectivity index (χ1n) is 13.4. The van der Waals surface area contributed by atoms with Crippen LogP contribution in [0.1, 0.15) is 49.4 Å². The number of fused-ring (bicyclic) bond motifs is 2.